The molecule has 0 unspecified atom stereocenters. The van der Waals surface area contributed by atoms with E-state index in [-0.39, 0.29) is 58.9 Å². The number of hydrazine groups is 1. The van der Waals surface area contributed by atoms with Crippen molar-refractivity contribution in [2.75, 3.05) is 23.7 Å². The molecule has 10 heteroatoms. The fourth-order valence-corrected chi connectivity index (χ4v) is 4.63. The SMILES string of the molecule is Br.Br.O=C(CNc1c2ccccc2nc2ccccc12)NNC(=O)CNc1c2ccccc2nc2ccccc12. The van der Waals surface area contributed by atoms with Crippen molar-refractivity contribution in [1.82, 2.24) is 20.8 Å². The number of benzene rings is 4. The molecule has 2 aromatic heterocycles. The largest absolute Gasteiger partial charge is 0.375 e. The van der Waals surface area contributed by atoms with Crippen LogP contribution in [0.3, 0.4) is 0 Å². The average molecular weight is 662 g/mol. The molecule has 40 heavy (non-hydrogen) atoms. The van der Waals surface area contributed by atoms with Crippen LogP contribution in [0.4, 0.5) is 11.4 Å². The third-order valence-corrected chi connectivity index (χ3v) is 6.37. The van der Waals surface area contributed by atoms with Gasteiger partial charge in [-0.15, -0.1) is 34.0 Å². The summed E-state index contributed by atoms with van der Waals surface area (Å²) in [5, 5.41) is 10.1. The maximum atomic E-state index is 12.6. The molecule has 0 radical (unpaired) electrons. The van der Waals surface area contributed by atoms with Gasteiger partial charge in [0, 0.05) is 21.5 Å². The van der Waals surface area contributed by atoms with Gasteiger partial charge >= 0.3 is 0 Å². The summed E-state index contributed by atoms with van der Waals surface area (Å²) in [5.74, 6) is -0.744. The van der Waals surface area contributed by atoms with Crippen LogP contribution in [0.2, 0.25) is 0 Å². The minimum Gasteiger partial charge on any atom is -0.375 e. The van der Waals surface area contributed by atoms with Gasteiger partial charge in [-0.3, -0.25) is 20.4 Å². The first-order chi connectivity index (χ1) is 18.7. The van der Waals surface area contributed by atoms with Gasteiger partial charge in [-0.1, -0.05) is 72.8 Å². The Hall–Kier alpha value is -4.28. The van der Waals surface area contributed by atoms with Crippen LogP contribution in [0.15, 0.2) is 97.1 Å². The number of aromatic nitrogens is 2. The monoisotopic (exact) mass is 660 g/mol. The number of hydrogen-bond donors (Lipinski definition) is 4. The van der Waals surface area contributed by atoms with Crippen LogP contribution in [0.5, 0.6) is 0 Å². The van der Waals surface area contributed by atoms with Gasteiger partial charge in [-0.25, -0.2) is 9.97 Å². The van der Waals surface area contributed by atoms with E-state index in [1.807, 2.05) is 97.1 Å². The lowest BCUT2D eigenvalue weighted by molar-refractivity contribution is -0.127. The fourth-order valence-electron chi connectivity index (χ4n) is 4.63. The van der Waals surface area contributed by atoms with Gasteiger partial charge in [0.25, 0.3) is 11.8 Å². The quantitative estimate of drug-likeness (QED) is 0.130. The molecule has 0 fully saturated rings. The van der Waals surface area contributed by atoms with Crippen LogP contribution in [0, 0.1) is 0 Å². The second kappa shape index (κ2) is 12.7. The third kappa shape index (κ3) is 5.83. The standard InChI is InChI=1S/C30H24N6O2.2BrH/c37-27(17-31-29-19-9-1-5-13-23(19)33-24-14-6-2-10-20(24)29)35-36-28(38)18-32-30-21-11-3-7-15-25(21)34-26-16-8-4-12-22(26)30;;/h1-16H,17-18H2,(H,31,33)(H,32,34)(H,35,37)(H,36,38);2*1H. The minimum absolute atomic E-state index is 0. The molecular weight excluding hydrogens is 636 g/mol. The van der Waals surface area contributed by atoms with E-state index in [2.05, 4.69) is 21.5 Å². The van der Waals surface area contributed by atoms with Crippen LogP contribution < -0.4 is 21.5 Å². The van der Waals surface area contributed by atoms with Crippen LogP contribution in [0.1, 0.15) is 0 Å². The Balaban J connectivity index is 0.00000185. The zero-order valence-corrected chi connectivity index (χ0v) is 24.6. The molecule has 4 aromatic carbocycles. The average Bonchev–Trinajstić information content (AvgIpc) is 2.96. The minimum atomic E-state index is -0.372. The van der Waals surface area contributed by atoms with Crippen LogP contribution in [0.25, 0.3) is 43.6 Å². The Morgan fingerprint density at radius 3 is 1.05 bits per heavy atom. The second-order valence-corrected chi connectivity index (χ2v) is 8.85. The summed E-state index contributed by atoms with van der Waals surface area (Å²) < 4.78 is 0. The first kappa shape index (κ1) is 28.7. The van der Waals surface area contributed by atoms with E-state index in [1.54, 1.807) is 0 Å². The van der Waals surface area contributed by atoms with Gasteiger partial charge < -0.3 is 10.6 Å². The van der Waals surface area contributed by atoms with E-state index >= 15 is 0 Å². The lowest BCUT2D eigenvalue weighted by atomic mass is 10.1. The first-order valence-electron chi connectivity index (χ1n) is 12.3. The first-order valence-corrected chi connectivity index (χ1v) is 12.3. The van der Waals surface area contributed by atoms with Crippen molar-refractivity contribution in [2.45, 2.75) is 0 Å². The summed E-state index contributed by atoms with van der Waals surface area (Å²) in [6.45, 7) is -0.0450. The van der Waals surface area contributed by atoms with E-state index in [9.17, 15) is 9.59 Å². The predicted molar refractivity (Wildman–Crippen MR) is 172 cm³/mol. The highest BCUT2D eigenvalue weighted by Crippen LogP contribution is 2.31. The van der Waals surface area contributed by atoms with Gasteiger partial charge in [0.1, 0.15) is 0 Å². The maximum Gasteiger partial charge on any atom is 0.257 e. The lowest BCUT2D eigenvalue weighted by Crippen LogP contribution is -2.46. The highest BCUT2D eigenvalue weighted by molar-refractivity contribution is 8.93. The summed E-state index contributed by atoms with van der Waals surface area (Å²) in [6, 6.07) is 31.1. The Morgan fingerprint density at radius 1 is 0.475 bits per heavy atom. The van der Waals surface area contributed by atoms with Crippen molar-refractivity contribution >= 4 is 101 Å². The van der Waals surface area contributed by atoms with E-state index in [4.69, 9.17) is 9.97 Å². The molecule has 202 valence electrons. The molecule has 0 bridgehead atoms. The molecule has 0 aliphatic rings. The van der Waals surface area contributed by atoms with E-state index in [0.717, 1.165) is 55.0 Å². The molecule has 8 nitrogen and oxygen atoms in total. The number of para-hydroxylation sites is 4. The van der Waals surface area contributed by atoms with Crippen molar-refractivity contribution in [2.24, 2.45) is 0 Å². The van der Waals surface area contributed by atoms with Gasteiger partial charge in [0.2, 0.25) is 0 Å². The molecule has 2 heterocycles. The number of hydrogen-bond acceptors (Lipinski definition) is 6. The molecule has 0 aliphatic heterocycles. The van der Waals surface area contributed by atoms with Crippen LogP contribution in [-0.2, 0) is 9.59 Å². The lowest BCUT2D eigenvalue weighted by Gasteiger charge is -2.15. The molecule has 0 saturated heterocycles. The smallest absolute Gasteiger partial charge is 0.257 e. The summed E-state index contributed by atoms with van der Waals surface area (Å²) >= 11 is 0. The molecule has 0 spiro atoms. The number of carbonyl (C=O) groups excluding carboxylic acids is 2. The second-order valence-electron chi connectivity index (χ2n) is 8.85. The normalized spacial score (nSPS) is 10.5. The highest BCUT2D eigenvalue weighted by atomic mass is 79.9. The Kier molecular flexibility index (Phi) is 9.13. The number of amides is 2. The van der Waals surface area contributed by atoms with E-state index in [0.29, 0.717) is 0 Å². The molecule has 0 aliphatic carbocycles. The van der Waals surface area contributed by atoms with Gasteiger partial charge in [-0.2, -0.15) is 0 Å². The Bertz CT molecular complexity index is 1600. The van der Waals surface area contributed by atoms with E-state index < -0.39 is 0 Å². The predicted octanol–water partition coefficient (Wildman–Crippen LogP) is 5.92. The third-order valence-electron chi connectivity index (χ3n) is 6.37. The summed E-state index contributed by atoms with van der Waals surface area (Å²) in [7, 11) is 0. The summed E-state index contributed by atoms with van der Waals surface area (Å²) in [5.41, 5.74) is 9.98. The number of halogens is 2. The number of pyridine rings is 2. The van der Waals surface area contributed by atoms with Crippen molar-refractivity contribution in [3.05, 3.63) is 97.1 Å². The Morgan fingerprint density at radius 2 is 0.750 bits per heavy atom. The number of nitrogens with zero attached hydrogens (tertiary/aromatic N) is 2. The fraction of sp³-hybridized carbons (Fsp3) is 0.0667. The zero-order valence-electron chi connectivity index (χ0n) is 21.2. The Labute approximate surface area is 251 Å². The highest BCUT2D eigenvalue weighted by Gasteiger charge is 2.12. The van der Waals surface area contributed by atoms with E-state index in [1.165, 1.54) is 0 Å². The molecule has 6 rings (SSSR count). The number of rotatable bonds is 6. The molecule has 2 amide bonds. The summed E-state index contributed by atoms with van der Waals surface area (Å²) in [6.07, 6.45) is 0. The van der Waals surface area contributed by atoms with Crippen molar-refractivity contribution in [1.29, 1.82) is 0 Å². The number of nitrogens with one attached hydrogen (secondary N) is 4. The molecule has 0 saturated carbocycles. The van der Waals surface area contributed by atoms with Crippen molar-refractivity contribution < 1.29 is 9.59 Å². The van der Waals surface area contributed by atoms with Gasteiger partial charge in [-0.05, 0) is 24.3 Å². The molecule has 0 atom stereocenters. The molecule has 6 aromatic rings. The number of carbonyl (C=O) groups is 2. The van der Waals surface area contributed by atoms with Gasteiger partial charge in [0.15, 0.2) is 0 Å². The number of fused-ring (bicyclic) bond motifs is 4. The molecule has 4 N–H and O–H groups in total. The van der Waals surface area contributed by atoms with Crippen molar-refractivity contribution in [3.8, 4) is 0 Å². The molecular formula is C30H26Br2N6O2. The van der Waals surface area contributed by atoms with Gasteiger partial charge in [0.05, 0.1) is 46.5 Å². The zero-order chi connectivity index (χ0) is 25.9. The maximum absolute atomic E-state index is 12.6. The van der Waals surface area contributed by atoms with Crippen LogP contribution in [-0.4, -0.2) is 34.9 Å². The topological polar surface area (TPSA) is 108 Å². The number of anilines is 2. The van der Waals surface area contributed by atoms with Crippen LogP contribution >= 0.6 is 34.0 Å². The van der Waals surface area contributed by atoms with Crippen molar-refractivity contribution in [3.63, 3.8) is 0 Å². The summed E-state index contributed by atoms with van der Waals surface area (Å²) in [4.78, 5) is 34.6.